The predicted molar refractivity (Wildman–Crippen MR) is 97.1 cm³/mol. The van der Waals surface area contributed by atoms with Crippen molar-refractivity contribution in [2.24, 2.45) is 5.92 Å². The molecule has 0 aromatic heterocycles. The second kappa shape index (κ2) is 7.26. The quantitative estimate of drug-likeness (QED) is 0.446. The van der Waals surface area contributed by atoms with Gasteiger partial charge in [0.2, 0.25) is 0 Å². The Morgan fingerprint density at radius 2 is 1.75 bits per heavy atom. The van der Waals surface area contributed by atoms with Gasteiger partial charge in [-0.2, -0.15) is 0 Å². The van der Waals surface area contributed by atoms with Gasteiger partial charge in [0.1, 0.15) is 13.2 Å². The summed E-state index contributed by atoms with van der Waals surface area (Å²) in [5, 5.41) is 0. The first-order valence-corrected chi connectivity index (χ1v) is 9.59. The predicted octanol–water partition coefficient (Wildman–Crippen LogP) is 2.01. The van der Waals surface area contributed by atoms with Crippen LogP contribution >= 0.6 is 0 Å². The summed E-state index contributed by atoms with van der Waals surface area (Å²) < 4.78 is 10.9. The standard InChI is InChI=1S/C20H22N2O6/c1-12-4-2-3-5-14(12)22-19(25)18(24)21(20(22)26)11-15(23)13-6-7-16-17(10-13)28-9-8-27-16/h6-7,10,12,14H,2-5,8-9,11H2,1H3/t12-,14-/m1/s1. The van der Waals surface area contributed by atoms with Gasteiger partial charge >= 0.3 is 17.8 Å². The van der Waals surface area contributed by atoms with Gasteiger partial charge in [0.05, 0.1) is 6.54 Å². The molecule has 0 spiro atoms. The molecule has 148 valence electrons. The Kier molecular flexibility index (Phi) is 4.78. The molecule has 8 nitrogen and oxygen atoms in total. The highest BCUT2D eigenvalue weighted by Crippen LogP contribution is 2.32. The van der Waals surface area contributed by atoms with Crippen molar-refractivity contribution >= 4 is 23.6 Å². The van der Waals surface area contributed by atoms with E-state index in [1.165, 1.54) is 6.07 Å². The lowest BCUT2D eigenvalue weighted by atomic mass is 9.85. The van der Waals surface area contributed by atoms with E-state index in [1.54, 1.807) is 12.1 Å². The molecule has 0 bridgehead atoms. The molecule has 4 amide bonds. The first-order valence-electron chi connectivity index (χ1n) is 9.59. The Morgan fingerprint density at radius 1 is 1.04 bits per heavy atom. The van der Waals surface area contributed by atoms with Crippen LogP contribution in [0.25, 0.3) is 0 Å². The van der Waals surface area contributed by atoms with Crippen LogP contribution in [-0.4, -0.2) is 59.2 Å². The second-order valence-corrected chi connectivity index (χ2v) is 7.46. The minimum absolute atomic E-state index is 0.142. The van der Waals surface area contributed by atoms with Crippen LogP contribution in [0, 0.1) is 5.92 Å². The maximum atomic E-state index is 12.8. The number of ether oxygens (including phenoxy) is 2. The number of hydrogen-bond donors (Lipinski definition) is 0. The third kappa shape index (κ3) is 3.12. The van der Waals surface area contributed by atoms with Crippen LogP contribution in [0.1, 0.15) is 43.0 Å². The van der Waals surface area contributed by atoms with E-state index in [0.29, 0.717) is 36.7 Å². The highest BCUT2D eigenvalue weighted by atomic mass is 16.6. The summed E-state index contributed by atoms with van der Waals surface area (Å²) in [5.74, 6) is -1.08. The van der Waals surface area contributed by atoms with Crippen molar-refractivity contribution in [1.82, 2.24) is 9.80 Å². The minimum atomic E-state index is -0.936. The number of rotatable bonds is 4. The maximum Gasteiger partial charge on any atom is 0.334 e. The molecular formula is C20H22N2O6. The van der Waals surface area contributed by atoms with E-state index in [1.807, 2.05) is 6.92 Å². The number of carbonyl (C=O) groups is 4. The van der Waals surface area contributed by atoms with Crippen LogP contribution < -0.4 is 9.47 Å². The Labute approximate surface area is 162 Å². The number of carbonyl (C=O) groups excluding carboxylic acids is 4. The zero-order valence-electron chi connectivity index (χ0n) is 15.7. The van der Waals surface area contributed by atoms with Gasteiger partial charge in [0, 0.05) is 11.6 Å². The zero-order chi connectivity index (χ0) is 19.8. The van der Waals surface area contributed by atoms with Gasteiger partial charge in [-0.3, -0.25) is 19.3 Å². The zero-order valence-corrected chi connectivity index (χ0v) is 15.7. The first kappa shape index (κ1) is 18.5. The molecule has 0 unspecified atom stereocenters. The van der Waals surface area contributed by atoms with Crippen LogP contribution in [0.3, 0.4) is 0 Å². The molecule has 28 heavy (non-hydrogen) atoms. The highest BCUT2D eigenvalue weighted by Gasteiger charge is 2.49. The van der Waals surface area contributed by atoms with Gasteiger partial charge in [0.25, 0.3) is 0 Å². The van der Waals surface area contributed by atoms with Gasteiger partial charge in [0.15, 0.2) is 17.3 Å². The Bertz CT molecular complexity index is 851. The van der Waals surface area contributed by atoms with Crippen LogP contribution in [0.15, 0.2) is 18.2 Å². The normalized spacial score (nSPS) is 24.7. The molecule has 1 aromatic rings. The third-order valence-electron chi connectivity index (χ3n) is 5.65. The number of urea groups is 1. The highest BCUT2D eigenvalue weighted by molar-refractivity contribution is 6.45. The Morgan fingerprint density at radius 3 is 2.50 bits per heavy atom. The van der Waals surface area contributed by atoms with Crippen LogP contribution in [0.5, 0.6) is 11.5 Å². The summed E-state index contributed by atoms with van der Waals surface area (Å²) in [6.07, 6.45) is 3.56. The number of nitrogens with zero attached hydrogens (tertiary/aromatic N) is 2. The van der Waals surface area contributed by atoms with Crippen LogP contribution in [0.2, 0.25) is 0 Å². The fourth-order valence-corrected chi connectivity index (χ4v) is 4.09. The van der Waals surface area contributed by atoms with Crippen molar-refractivity contribution in [2.45, 2.75) is 38.6 Å². The molecule has 8 heteroatoms. The number of fused-ring (bicyclic) bond motifs is 1. The summed E-state index contributed by atoms with van der Waals surface area (Å²) in [4.78, 5) is 52.1. The topological polar surface area (TPSA) is 93.2 Å². The molecule has 1 aromatic carbocycles. The largest absolute Gasteiger partial charge is 0.486 e. The van der Waals surface area contributed by atoms with Crippen molar-refractivity contribution in [3.8, 4) is 11.5 Å². The molecule has 1 saturated heterocycles. The number of amides is 4. The number of ketones is 1. The molecule has 2 heterocycles. The van der Waals surface area contributed by atoms with Crippen molar-refractivity contribution in [3.05, 3.63) is 23.8 Å². The van der Waals surface area contributed by atoms with E-state index in [-0.39, 0.29) is 12.0 Å². The van der Waals surface area contributed by atoms with Crippen molar-refractivity contribution in [1.29, 1.82) is 0 Å². The van der Waals surface area contributed by atoms with E-state index in [0.717, 1.165) is 29.1 Å². The molecule has 0 radical (unpaired) electrons. The molecular weight excluding hydrogens is 364 g/mol. The molecule has 2 atom stereocenters. The average Bonchev–Trinajstić information content (AvgIpc) is 2.91. The Balaban J connectivity index is 1.51. The van der Waals surface area contributed by atoms with Gasteiger partial charge in [-0.1, -0.05) is 19.8 Å². The summed E-state index contributed by atoms with van der Waals surface area (Å²) in [5.41, 5.74) is 0.293. The van der Waals surface area contributed by atoms with Crippen molar-refractivity contribution in [2.75, 3.05) is 19.8 Å². The number of benzene rings is 1. The van der Waals surface area contributed by atoms with Gasteiger partial charge in [-0.05, 0) is 37.0 Å². The molecule has 1 aliphatic carbocycles. The minimum Gasteiger partial charge on any atom is -0.486 e. The summed E-state index contributed by atoms with van der Waals surface area (Å²) >= 11 is 0. The van der Waals surface area contributed by atoms with Crippen LogP contribution in [0.4, 0.5) is 4.79 Å². The average molecular weight is 386 g/mol. The summed E-state index contributed by atoms with van der Waals surface area (Å²) in [6, 6.07) is 3.73. The molecule has 3 aliphatic rings. The smallest absolute Gasteiger partial charge is 0.334 e. The van der Waals surface area contributed by atoms with Gasteiger partial charge in [-0.15, -0.1) is 0 Å². The van der Waals surface area contributed by atoms with E-state index < -0.39 is 30.2 Å². The lowest BCUT2D eigenvalue weighted by molar-refractivity contribution is -0.144. The van der Waals surface area contributed by atoms with Crippen LogP contribution in [-0.2, 0) is 9.59 Å². The van der Waals surface area contributed by atoms with E-state index >= 15 is 0 Å². The third-order valence-corrected chi connectivity index (χ3v) is 5.65. The van der Waals surface area contributed by atoms with Gasteiger partial charge < -0.3 is 9.47 Å². The monoisotopic (exact) mass is 386 g/mol. The second-order valence-electron chi connectivity index (χ2n) is 7.46. The van der Waals surface area contributed by atoms with E-state index in [4.69, 9.17) is 9.47 Å². The fourth-order valence-electron chi connectivity index (χ4n) is 4.09. The molecule has 4 rings (SSSR count). The fraction of sp³-hybridized carbons (Fsp3) is 0.500. The molecule has 0 N–H and O–H groups in total. The maximum absolute atomic E-state index is 12.8. The number of imide groups is 2. The van der Waals surface area contributed by atoms with E-state index in [2.05, 4.69) is 0 Å². The number of Topliss-reactive ketones (excluding diaryl/α,β-unsaturated/α-hetero) is 1. The first-order chi connectivity index (χ1) is 13.5. The van der Waals surface area contributed by atoms with Crippen molar-refractivity contribution < 1.29 is 28.7 Å². The Hall–Kier alpha value is -2.90. The van der Waals surface area contributed by atoms with E-state index in [9.17, 15) is 19.2 Å². The SMILES string of the molecule is C[C@@H]1CCCC[C@H]1N1C(=O)C(=O)N(CC(=O)c2ccc3c(c2)OCCO3)C1=O. The number of hydrogen-bond acceptors (Lipinski definition) is 6. The molecule has 2 aliphatic heterocycles. The summed E-state index contributed by atoms with van der Waals surface area (Å²) in [6.45, 7) is 2.34. The van der Waals surface area contributed by atoms with Crippen molar-refractivity contribution in [3.63, 3.8) is 0 Å². The summed E-state index contributed by atoms with van der Waals surface area (Å²) in [7, 11) is 0. The lowest BCUT2D eigenvalue weighted by Crippen LogP contribution is -2.46. The molecule has 1 saturated carbocycles. The van der Waals surface area contributed by atoms with Gasteiger partial charge in [-0.25, -0.2) is 9.69 Å². The lowest BCUT2D eigenvalue weighted by Gasteiger charge is -2.34. The molecule has 2 fully saturated rings.